The van der Waals surface area contributed by atoms with Crippen LogP contribution in [0.25, 0.3) is 0 Å². The Labute approximate surface area is 111 Å². The minimum atomic E-state index is -0.366. The number of carbonyl (C=O) groups excluding carboxylic acids is 2. The average Bonchev–Trinajstić information content (AvgIpc) is 2.40. The summed E-state index contributed by atoms with van der Waals surface area (Å²) in [6, 6.07) is 6.47. The average molecular weight is 267 g/mol. The molecule has 0 radical (unpaired) electrons. The van der Waals surface area contributed by atoms with Crippen molar-refractivity contribution in [1.82, 2.24) is 10.6 Å². The van der Waals surface area contributed by atoms with Gasteiger partial charge in [0, 0.05) is 16.5 Å². The first kappa shape index (κ1) is 13.1. The van der Waals surface area contributed by atoms with Gasteiger partial charge in [0.25, 0.3) is 5.91 Å². The molecule has 1 heterocycles. The lowest BCUT2D eigenvalue weighted by molar-refractivity contribution is -0.124. The molecule has 0 aliphatic carbocycles. The van der Waals surface area contributed by atoms with Crippen molar-refractivity contribution in [2.45, 2.75) is 12.8 Å². The SMILES string of the molecule is O=C(NC(=O)C1CCNCC1)c1ccc(Cl)cc1. The third-order valence-electron chi connectivity index (χ3n) is 3.05. The number of imide groups is 1. The Balaban J connectivity index is 1.94. The summed E-state index contributed by atoms with van der Waals surface area (Å²) in [4.78, 5) is 23.7. The van der Waals surface area contributed by atoms with Gasteiger partial charge in [-0.25, -0.2) is 0 Å². The normalized spacial score (nSPS) is 16.3. The summed E-state index contributed by atoms with van der Waals surface area (Å²) in [5, 5.41) is 6.18. The first-order valence-electron chi connectivity index (χ1n) is 5.98. The Kier molecular flexibility index (Phi) is 4.33. The van der Waals surface area contributed by atoms with E-state index in [2.05, 4.69) is 10.6 Å². The molecular formula is C13H15ClN2O2. The molecule has 1 saturated heterocycles. The van der Waals surface area contributed by atoms with Crippen LogP contribution >= 0.6 is 11.6 Å². The molecule has 5 heteroatoms. The molecular weight excluding hydrogens is 252 g/mol. The number of hydrogen-bond donors (Lipinski definition) is 2. The van der Waals surface area contributed by atoms with Gasteiger partial charge in [0.2, 0.25) is 5.91 Å². The minimum Gasteiger partial charge on any atom is -0.317 e. The lowest BCUT2D eigenvalue weighted by Gasteiger charge is -2.21. The van der Waals surface area contributed by atoms with Crippen LogP contribution in [0.1, 0.15) is 23.2 Å². The van der Waals surface area contributed by atoms with E-state index in [-0.39, 0.29) is 17.7 Å². The molecule has 2 N–H and O–H groups in total. The van der Waals surface area contributed by atoms with Gasteiger partial charge in [-0.1, -0.05) is 11.6 Å². The van der Waals surface area contributed by atoms with Crippen LogP contribution in [0.4, 0.5) is 0 Å². The smallest absolute Gasteiger partial charge is 0.257 e. The molecule has 0 bridgehead atoms. The molecule has 1 aromatic carbocycles. The summed E-state index contributed by atoms with van der Waals surface area (Å²) in [6.07, 6.45) is 1.56. The Morgan fingerprint density at radius 3 is 2.39 bits per heavy atom. The van der Waals surface area contributed by atoms with Crippen molar-refractivity contribution in [3.8, 4) is 0 Å². The summed E-state index contributed by atoms with van der Waals surface area (Å²) < 4.78 is 0. The van der Waals surface area contributed by atoms with E-state index < -0.39 is 0 Å². The Morgan fingerprint density at radius 1 is 1.17 bits per heavy atom. The molecule has 1 aliphatic heterocycles. The molecule has 2 amide bonds. The fraction of sp³-hybridized carbons (Fsp3) is 0.385. The fourth-order valence-corrected chi connectivity index (χ4v) is 2.10. The number of rotatable bonds is 2. The predicted molar refractivity (Wildman–Crippen MR) is 69.5 cm³/mol. The monoisotopic (exact) mass is 266 g/mol. The summed E-state index contributed by atoms with van der Waals surface area (Å²) >= 11 is 5.74. The third-order valence-corrected chi connectivity index (χ3v) is 3.31. The van der Waals surface area contributed by atoms with Crippen LogP contribution in [-0.4, -0.2) is 24.9 Å². The van der Waals surface area contributed by atoms with Gasteiger partial charge >= 0.3 is 0 Å². The van der Waals surface area contributed by atoms with E-state index >= 15 is 0 Å². The van der Waals surface area contributed by atoms with Crippen LogP contribution in [0.15, 0.2) is 24.3 Å². The Morgan fingerprint density at radius 2 is 1.78 bits per heavy atom. The highest BCUT2D eigenvalue weighted by Gasteiger charge is 2.22. The molecule has 18 heavy (non-hydrogen) atoms. The maximum absolute atomic E-state index is 11.9. The first-order chi connectivity index (χ1) is 8.66. The highest BCUT2D eigenvalue weighted by molar-refractivity contribution is 6.30. The van der Waals surface area contributed by atoms with E-state index in [9.17, 15) is 9.59 Å². The van der Waals surface area contributed by atoms with Gasteiger partial charge in [-0.15, -0.1) is 0 Å². The number of hydrogen-bond acceptors (Lipinski definition) is 3. The van der Waals surface area contributed by atoms with Gasteiger partial charge in [-0.2, -0.15) is 0 Å². The molecule has 4 nitrogen and oxygen atoms in total. The third kappa shape index (κ3) is 3.31. The van der Waals surface area contributed by atoms with Crippen LogP contribution in [0.3, 0.4) is 0 Å². The van der Waals surface area contributed by atoms with E-state index in [0.29, 0.717) is 10.6 Å². The zero-order valence-electron chi connectivity index (χ0n) is 9.91. The highest BCUT2D eigenvalue weighted by atomic mass is 35.5. The van der Waals surface area contributed by atoms with Crippen molar-refractivity contribution in [3.63, 3.8) is 0 Å². The van der Waals surface area contributed by atoms with E-state index in [1.54, 1.807) is 24.3 Å². The van der Waals surface area contributed by atoms with Gasteiger partial charge in [-0.05, 0) is 50.2 Å². The van der Waals surface area contributed by atoms with E-state index in [1.807, 2.05) is 0 Å². The molecule has 0 atom stereocenters. The van der Waals surface area contributed by atoms with E-state index in [0.717, 1.165) is 25.9 Å². The summed E-state index contributed by atoms with van der Waals surface area (Å²) in [5.41, 5.74) is 0.446. The molecule has 2 rings (SSSR count). The molecule has 1 fully saturated rings. The largest absolute Gasteiger partial charge is 0.317 e. The van der Waals surface area contributed by atoms with Gasteiger partial charge in [0.15, 0.2) is 0 Å². The summed E-state index contributed by atoms with van der Waals surface area (Å²) in [5.74, 6) is -0.617. The van der Waals surface area contributed by atoms with Gasteiger partial charge in [0.1, 0.15) is 0 Å². The second kappa shape index (κ2) is 5.98. The predicted octanol–water partition coefficient (Wildman–Crippen LogP) is 1.60. The summed E-state index contributed by atoms with van der Waals surface area (Å²) in [6.45, 7) is 1.65. The molecule has 0 unspecified atom stereocenters. The molecule has 0 aromatic heterocycles. The lowest BCUT2D eigenvalue weighted by atomic mass is 9.97. The van der Waals surface area contributed by atoms with Crippen LogP contribution in [0.2, 0.25) is 5.02 Å². The Hall–Kier alpha value is -1.39. The number of carbonyl (C=O) groups is 2. The van der Waals surface area contributed by atoms with Gasteiger partial charge < -0.3 is 5.32 Å². The standard InChI is InChI=1S/C13H15ClN2O2/c14-11-3-1-9(2-4-11)12(17)16-13(18)10-5-7-15-8-6-10/h1-4,10,15H,5-8H2,(H,16,17,18). The van der Waals surface area contributed by atoms with Crippen molar-refractivity contribution < 1.29 is 9.59 Å². The van der Waals surface area contributed by atoms with Crippen molar-refractivity contribution >= 4 is 23.4 Å². The van der Waals surface area contributed by atoms with Crippen molar-refractivity contribution in [2.24, 2.45) is 5.92 Å². The number of halogens is 1. The molecule has 0 spiro atoms. The zero-order valence-corrected chi connectivity index (χ0v) is 10.7. The number of nitrogens with one attached hydrogen (secondary N) is 2. The van der Waals surface area contributed by atoms with E-state index in [1.165, 1.54) is 0 Å². The quantitative estimate of drug-likeness (QED) is 0.800. The first-order valence-corrected chi connectivity index (χ1v) is 6.36. The number of benzene rings is 1. The second-order valence-electron chi connectivity index (χ2n) is 4.35. The summed E-state index contributed by atoms with van der Waals surface area (Å²) in [7, 11) is 0. The van der Waals surface area contributed by atoms with Crippen molar-refractivity contribution in [2.75, 3.05) is 13.1 Å². The second-order valence-corrected chi connectivity index (χ2v) is 4.79. The van der Waals surface area contributed by atoms with Gasteiger partial charge in [0.05, 0.1) is 0 Å². The maximum Gasteiger partial charge on any atom is 0.257 e. The Bertz CT molecular complexity index is 439. The van der Waals surface area contributed by atoms with Crippen LogP contribution in [0.5, 0.6) is 0 Å². The van der Waals surface area contributed by atoms with Crippen molar-refractivity contribution in [1.29, 1.82) is 0 Å². The number of amides is 2. The maximum atomic E-state index is 11.9. The molecule has 1 aliphatic rings. The minimum absolute atomic E-state index is 0.0671. The van der Waals surface area contributed by atoms with Gasteiger partial charge in [-0.3, -0.25) is 14.9 Å². The zero-order chi connectivity index (χ0) is 13.0. The van der Waals surface area contributed by atoms with Crippen molar-refractivity contribution in [3.05, 3.63) is 34.9 Å². The lowest BCUT2D eigenvalue weighted by Crippen LogP contribution is -2.40. The highest BCUT2D eigenvalue weighted by Crippen LogP contribution is 2.13. The van der Waals surface area contributed by atoms with E-state index in [4.69, 9.17) is 11.6 Å². The van der Waals surface area contributed by atoms with Crippen LogP contribution in [0, 0.1) is 5.92 Å². The molecule has 0 saturated carbocycles. The van der Waals surface area contributed by atoms with Crippen LogP contribution < -0.4 is 10.6 Å². The topological polar surface area (TPSA) is 58.2 Å². The fourth-order valence-electron chi connectivity index (χ4n) is 1.97. The number of piperidine rings is 1. The molecule has 1 aromatic rings. The van der Waals surface area contributed by atoms with Crippen LogP contribution in [-0.2, 0) is 4.79 Å². The molecule has 96 valence electrons.